The molecule has 0 aliphatic heterocycles. The van der Waals surface area contributed by atoms with Gasteiger partial charge in [0.05, 0.1) is 16.1 Å². The average Bonchev–Trinajstić information content (AvgIpc) is 2.97. The Bertz CT molecular complexity index is 1890. The molecule has 1 fully saturated rings. The van der Waals surface area contributed by atoms with Crippen LogP contribution in [0.15, 0.2) is 41.2 Å². The van der Waals surface area contributed by atoms with Crippen LogP contribution in [0.2, 0.25) is 5.02 Å². The number of aryl methyl sites for hydroxylation is 1. The third-order valence-corrected chi connectivity index (χ3v) is 10.0. The maximum Gasteiger partial charge on any atom is 0.267 e. The molecule has 0 saturated heterocycles. The van der Waals surface area contributed by atoms with E-state index in [1.54, 1.807) is 19.1 Å². The van der Waals surface area contributed by atoms with Gasteiger partial charge in [-0.05, 0) is 92.5 Å². The first-order chi connectivity index (χ1) is 22.0. The lowest BCUT2D eigenvalue weighted by Gasteiger charge is -2.37. The molecule has 1 atom stereocenters. The summed E-state index contributed by atoms with van der Waals surface area (Å²) in [6, 6.07) is 8.59. The van der Waals surface area contributed by atoms with Gasteiger partial charge in [0.1, 0.15) is 17.5 Å². The first-order valence-corrected chi connectivity index (χ1v) is 16.6. The molecule has 250 valence electrons. The molecule has 2 heterocycles. The van der Waals surface area contributed by atoms with Gasteiger partial charge in [-0.2, -0.15) is 0 Å². The summed E-state index contributed by atoms with van der Waals surface area (Å²) in [5, 5.41) is 9.43. The monoisotopic (exact) mass is 668 g/mol. The van der Waals surface area contributed by atoms with E-state index in [-0.39, 0.29) is 49.2 Å². The highest BCUT2D eigenvalue weighted by Gasteiger charge is 2.42. The molecule has 1 N–H and O–H groups in total. The maximum atomic E-state index is 14.7. The molecule has 2 aromatic carbocycles. The van der Waals surface area contributed by atoms with Gasteiger partial charge in [-0.3, -0.25) is 9.36 Å². The number of pyridine rings is 1. The van der Waals surface area contributed by atoms with Crippen molar-refractivity contribution in [2.75, 3.05) is 0 Å². The smallest absolute Gasteiger partial charge is 0.267 e. The lowest BCUT2D eigenvalue weighted by atomic mass is 9.71. The quantitative estimate of drug-likeness (QED) is 0.143. The summed E-state index contributed by atoms with van der Waals surface area (Å²) in [5.41, 5.74) is 2.89. The zero-order chi connectivity index (χ0) is 34.4. The molecule has 1 unspecified atom stereocenters. The van der Waals surface area contributed by atoms with Gasteiger partial charge in [0.15, 0.2) is 5.65 Å². The van der Waals surface area contributed by atoms with Crippen LogP contribution in [-0.2, 0) is 11.8 Å². The normalized spacial score (nSPS) is 16.5. The number of benzene rings is 2. The summed E-state index contributed by atoms with van der Waals surface area (Å²) in [7, 11) is 0. The largest absolute Gasteiger partial charge is 0.305 e. The van der Waals surface area contributed by atoms with Gasteiger partial charge < -0.3 is 5.41 Å². The Morgan fingerprint density at radius 3 is 2.26 bits per heavy atom. The van der Waals surface area contributed by atoms with Gasteiger partial charge in [-0.1, -0.05) is 45.7 Å². The molecule has 0 spiro atoms. The highest BCUT2D eigenvalue weighted by atomic mass is 35.5. The van der Waals surface area contributed by atoms with Gasteiger partial charge in [0, 0.05) is 47.2 Å². The molecular weight excluding hydrogens is 628 g/mol. The SMILES string of the molecule is CCCC(=N)c1c(Cl)ccc(-n2c(C(Cc3cc(F)cc(F)c3)C(C)C)nc3nc(C4(C)CCC(F)(F)CC4)cc(C)c3c2=O)c1C. The number of hydrogen-bond donors (Lipinski definition) is 1. The zero-order valence-corrected chi connectivity index (χ0v) is 28.5. The lowest BCUT2D eigenvalue weighted by molar-refractivity contribution is -0.0502. The summed E-state index contributed by atoms with van der Waals surface area (Å²) in [6.45, 7) is 11.4. The van der Waals surface area contributed by atoms with Crippen LogP contribution in [-0.4, -0.2) is 26.2 Å². The molecule has 1 aliphatic carbocycles. The Balaban J connectivity index is 1.81. The molecule has 4 aromatic rings. The van der Waals surface area contributed by atoms with E-state index in [4.69, 9.17) is 27.0 Å². The van der Waals surface area contributed by atoms with Crippen molar-refractivity contribution < 1.29 is 17.6 Å². The second-order valence-corrected chi connectivity index (χ2v) is 14.1. The minimum atomic E-state index is -2.71. The van der Waals surface area contributed by atoms with E-state index in [1.807, 2.05) is 40.7 Å². The Labute approximate surface area is 277 Å². The second-order valence-electron chi connectivity index (χ2n) is 13.7. The predicted octanol–water partition coefficient (Wildman–Crippen LogP) is 9.95. The van der Waals surface area contributed by atoms with Crippen molar-refractivity contribution in [1.29, 1.82) is 5.41 Å². The van der Waals surface area contributed by atoms with Crippen LogP contribution in [0.25, 0.3) is 16.7 Å². The van der Waals surface area contributed by atoms with E-state index in [9.17, 15) is 22.4 Å². The second kappa shape index (κ2) is 13.1. The Hall–Kier alpha value is -3.59. The predicted molar refractivity (Wildman–Crippen MR) is 180 cm³/mol. The average molecular weight is 669 g/mol. The molecule has 5 nitrogen and oxygen atoms in total. The third-order valence-electron chi connectivity index (χ3n) is 9.71. The summed E-state index contributed by atoms with van der Waals surface area (Å²) < 4.78 is 58.4. The number of nitrogens with zero attached hydrogens (tertiary/aromatic N) is 3. The fourth-order valence-electron chi connectivity index (χ4n) is 6.85. The van der Waals surface area contributed by atoms with Gasteiger partial charge in [-0.15, -0.1) is 0 Å². The lowest BCUT2D eigenvalue weighted by Crippen LogP contribution is -2.35. The molecule has 47 heavy (non-hydrogen) atoms. The van der Waals surface area contributed by atoms with Crippen molar-refractivity contribution in [3.05, 3.63) is 97.2 Å². The fraction of sp³-hybridized carbons (Fsp3) is 0.459. The van der Waals surface area contributed by atoms with Crippen LogP contribution in [0.4, 0.5) is 17.6 Å². The fourth-order valence-corrected chi connectivity index (χ4v) is 7.17. The highest BCUT2D eigenvalue weighted by molar-refractivity contribution is 6.34. The Morgan fingerprint density at radius 1 is 1.02 bits per heavy atom. The van der Waals surface area contributed by atoms with Crippen molar-refractivity contribution in [3.8, 4) is 5.69 Å². The molecule has 0 bridgehead atoms. The third kappa shape index (κ3) is 6.87. The molecular formula is C37H41ClF4N4O. The number of hydrogen-bond acceptors (Lipinski definition) is 4. The van der Waals surface area contributed by atoms with Gasteiger partial charge in [0.2, 0.25) is 5.92 Å². The molecule has 1 saturated carbocycles. The summed E-state index contributed by atoms with van der Waals surface area (Å²) in [6.07, 6.45) is 1.43. The van der Waals surface area contributed by atoms with Crippen molar-refractivity contribution >= 4 is 28.3 Å². The van der Waals surface area contributed by atoms with Crippen LogP contribution >= 0.6 is 11.6 Å². The van der Waals surface area contributed by atoms with Crippen molar-refractivity contribution in [1.82, 2.24) is 14.5 Å². The van der Waals surface area contributed by atoms with Crippen LogP contribution < -0.4 is 5.56 Å². The number of aromatic nitrogens is 3. The van der Waals surface area contributed by atoms with Gasteiger partial charge in [0.25, 0.3) is 5.56 Å². The van der Waals surface area contributed by atoms with Gasteiger partial charge in [-0.25, -0.2) is 27.5 Å². The number of nitrogens with one attached hydrogen (secondary N) is 1. The van der Waals surface area contributed by atoms with Crippen LogP contribution in [0.1, 0.15) is 106 Å². The number of rotatable bonds is 9. The molecule has 5 rings (SSSR count). The Kier molecular flexibility index (Phi) is 9.71. The topological polar surface area (TPSA) is 71.6 Å². The molecule has 1 aliphatic rings. The maximum absolute atomic E-state index is 14.7. The van der Waals surface area contributed by atoms with E-state index >= 15 is 0 Å². The summed E-state index contributed by atoms with van der Waals surface area (Å²) in [5.74, 6) is -4.39. The standard InChI is InChI=1S/C37H41ClF4N4O/c1-7-8-28(43)32-22(5)29(10-9-27(32)38)46-34(26(20(2)3)18-23-16-24(39)19-25(40)17-23)45-33-31(35(46)47)21(4)15-30(44-33)36(6)11-13-37(41,42)14-12-36/h9-10,15-17,19-20,26,43H,7-8,11-14,18H2,1-6H3. The van der Waals surface area contributed by atoms with Crippen molar-refractivity contribution in [2.45, 2.75) is 104 Å². The summed E-state index contributed by atoms with van der Waals surface area (Å²) >= 11 is 6.62. The number of alkyl halides is 2. The van der Waals surface area contributed by atoms with Crippen molar-refractivity contribution in [2.24, 2.45) is 5.92 Å². The molecule has 0 amide bonds. The van der Waals surface area contributed by atoms with Crippen molar-refractivity contribution in [3.63, 3.8) is 0 Å². The van der Waals surface area contributed by atoms with E-state index in [0.717, 1.165) is 12.5 Å². The first-order valence-electron chi connectivity index (χ1n) is 16.2. The Morgan fingerprint density at radius 2 is 1.66 bits per heavy atom. The van der Waals surface area contributed by atoms with Crippen LogP contribution in [0.5, 0.6) is 0 Å². The zero-order valence-electron chi connectivity index (χ0n) is 27.7. The van der Waals surface area contributed by atoms with Crippen LogP contribution in [0.3, 0.4) is 0 Å². The highest BCUT2D eigenvalue weighted by Crippen LogP contribution is 2.45. The minimum Gasteiger partial charge on any atom is -0.305 e. The van der Waals surface area contributed by atoms with E-state index in [1.165, 1.54) is 16.7 Å². The van der Waals surface area contributed by atoms with E-state index in [2.05, 4.69) is 0 Å². The number of halogens is 5. The van der Waals surface area contributed by atoms with E-state index < -0.39 is 28.9 Å². The molecule has 0 radical (unpaired) electrons. The van der Waals surface area contributed by atoms with Crippen LogP contribution in [0, 0.1) is 36.8 Å². The summed E-state index contributed by atoms with van der Waals surface area (Å²) in [4.78, 5) is 24.7. The number of fused-ring (bicyclic) bond motifs is 1. The van der Waals surface area contributed by atoms with Gasteiger partial charge >= 0.3 is 0 Å². The molecule has 10 heteroatoms. The minimum absolute atomic E-state index is 0.134. The van der Waals surface area contributed by atoms with E-state index in [0.29, 0.717) is 62.0 Å². The first kappa shape index (κ1) is 34.7. The molecule has 2 aromatic heterocycles.